The number of likely N-dealkylation sites (N-methyl/N-ethyl adjacent to an activating group) is 1. The summed E-state index contributed by atoms with van der Waals surface area (Å²) < 4.78 is 0. The fraction of sp³-hybridized carbons (Fsp3) is 0.692. The average Bonchev–Trinajstić information content (AvgIpc) is 2.80. The second kappa shape index (κ2) is 6.34. The molecule has 18 heavy (non-hydrogen) atoms. The van der Waals surface area contributed by atoms with E-state index in [4.69, 9.17) is 11.6 Å². The van der Waals surface area contributed by atoms with E-state index >= 15 is 0 Å². The zero-order chi connectivity index (χ0) is 13.0. The van der Waals surface area contributed by atoms with Crippen molar-refractivity contribution >= 4 is 17.4 Å². The van der Waals surface area contributed by atoms with E-state index in [0.717, 1.165) is 30.6 Å². The molecular formula is C13H21ClN4. The number of aromatic nitrogens is 2. The van der Waals surface area contributed by atoms with Gasteiger partial charge in [0, 0.05) is 30.9 Å². The van der Waals surface area contributed by atoms with Gasteiger partial charge in [-0.1, -0.05) is 12.8 Å². The fourth-order valence-electron chi connectivity index (χ4n) is 2.51. The number of aryl methyl sites for hydroxylation is 1. The molecule has 0 radical (unpaired) electrons. The summed E-state index contributed by atoms with van der Waals surface area (Å²) in [7, 11) is 2.20. The van der Waals surface area contributed by atoms with E-state index in [1.165, 1.54) is 25.7 Å². The van der Waals surface area contributed by atoms with Crippen molar-refractivity contribution < 1.29 is 0 Å². The summed E-state index contributed by atoms with van der Waals surface area (Å²) in [4.78, 5) is 10.6. The van der Waals surface area contributed by atoms with Gasteiger partial charge in [-0.05, 0) is 38.4 Å². The lowest BCUT2D eigenvalue weighted by Gasteiger charge is -2.24. The molecule has 0 saturated heterocycles. The maximum atomic E-state index is 5.82. The molecule has 1 fully saturated rings. The molecule has 0 spiro atoms. The van der Waals surface area contributed by atoms with Crippen LogP contribution in [0.4, 0.5) is 5.82 Å². The van der Waals surface area contributed by atoms with Gasteiger partial charge in [0.25, 0.3) is 0 Å². The molecule has 5 heteroatoms. The second-order valence-corrected chi connectivity index (χ2v) is 5.35. The maximum absolute atomic E-state index is 5.82. The van der Waals surface area contributed by atoms with Crippen LogP contribution in [0, 0.1) is 6.92 Å². The standard InChI is InChI=1S/C13H21ClN4/c1-10-9-12(17-13(14)16-10)15-7-8-18(2)11-5-3-4-6-11/h9,11H,3-8H2,1-2H3,(H,15,16,17). The first-order chi connectivity index (χ1) is 8.65. The van der Waals surface area contributed by atoms with Crippen molar-refractivity contribution in [1.82, 2.24) is 14.9 Å². The van der Waals surface area contributed by atoms with Gasteiger partial charge in [0.15, 0.2) is 0 Å². The largest absolute Gasteiger partial charge is 0.369 e. The summed E-state index contributed by atoms with van der Waals surface area (Å²) in [6, 6.07) is 2.68. The average molecular weight is 269 g/mol. The fourth-order valence-corrected chi connectivity index (χ4v) is 2.74. The molecule has 2 rings (SSSR count). The molecule has 4 nitrogen and oxygen atoms in total. The van der Waals surface area contributed by atoms with Gasteiger partial charge >= 0.3 is 0 Å². The first kappa shape index (κ1) is 13.6. The molecule has 0 atom stereocenters. The van der Waals surface area contributed by atoms with Crippen molar-refractivity contribution in [2.45, 2.75) is 38.6 Å². The van der Waals surface area contributed by atoms with Gasteiger partial charge in [0.1, 0.15) is 5.82 Å². The van der Waals surface area contributed by atoms with Crippen LogP contribution in [0.1, 0.15) is 31.4 Å². The number of hydrogen-bond acceptors (Lipinski definition) is 4. The normalized spacial score (nSPS) is 16.4. The molecular weight excluding hydrogens is 248 g/mol. The number of nitrogens with one attached hydrogen (secondary N) is 1. The molecule has 100 valence electrons. The molecule has 0 aromatic carbocycles. The third kappa shape index (κ3) is 3.82. The Balaban J connectivity index is 1.77. The van der Waals surface area contributed by atoms with Crippen LogP contribution in [0.15, 0.2) is 6.07 Å². The molecule has 0 unspecified atom stereocenters. The second-order valence-electron chi connectivity index (χ2n) is 5.01. The molecule has 1 aliphatic rings. The van der Waals surface area contributed by atoms with Crippen molar-refractivity contribution in [1.29, 1.82) is 0 Å². The predicted octanol–water partition coefficient (Wildman–Crippen LogP) is 2.72. The third-order valence-corrected chi connectivity index (χ3v) is 3.71. The van der Waals surface area contributed by atoms with Crippen LogP contribution in [0.25, 0.3) is 0 Å². The lowest BCUT2D eigenvalue weighted by molar-refractivity contribution is 0.254. The highest BCUT2D eigenvalue weighted by atomic mass is 35.5. The van der Waals surface area contributed by atoms with Gasteiger partial charge in [-0.3, -0.25) is 0 Å². The van der Waals surface area contributed by atoms with E-state index in [9.17, 15) is 0 Å². The molecule has 1 heterocycles. The van der Waals surface area contributed by atoms with Crippen LogP contribution >= 0.6 is 11.6 Å². The minimum Gasteiger partial charge on any atom is -0.369 e. The lowest BCUT2D eigenvalue weighted by atomic mass is 10.2. The number of rotatable bonds is 5. The van der Waals surface area contributed by atoms with Gasteiger partial charge in [0.2, 0.25) is 5.28 Å². The topological polar surface area (TPSA) is 41.0 Å². The number of halogens is 1. The first-order valence-electron chi connectivity index (χ1n) is 6.60. The van der Waals surface area contributed by atoms with E-state index in [1.807, 2.05) is 13.0 Å². The molecule has 0 amide bonds. The summed E-state index contributed by atoms with van der Waals surface area (Å²) in [5.74, 6) is 0.812. The van der Waals surface area contributed by atoms with E-state index in [-0.39, 0.29) is 0 Å². The van der Waals surface area contributed by atoms with Crippen LogP contribution in [0.3, 0.4) is 0 Å². The SMILES string of the molecule is Cc1cc(NCCN(C)C2CCCC2)nc(Cl)n1. The van der Waals surface area contributed by atoms with Crippen LogP contribution in [-0.2, 0) is 0 Å². The summed E-state index contributed by atoms with van der Waals surface area (Å²) >= 11 is 5.82. The Hall–Kier alpha value is -0.870. The van der Waals surface area contributed by atoms with Gasteiger partial charge in [-0.2, -0.15) is 0 Å². The highest BCUT2D eigenvalue weighted by molar-refractivity contribution is 6.28. The van der Waals surface area contributed by atoms with E-state index in [0.29, 0.717) is 5.28 Å². The summed E-state index contributed by atoms with van der Waals surface area (Å²) in [6.07, 6.45) is 5.44. The molecule has 0 bridgehead atoms. The summed E-state index contributed by atoms with van der Waals surface area (Å²) in [5, 5.41) is 3.61. The molecule has 1 aliphatic carbocycles. The molecule has 1 saturated carbocycles. The van der Waals surface area contributed by atoms with Crippen molar-refractivity contribution in [3.05, 3.63) is 17.0 Å². The zero-order valence-corrected chi connectivity index (χ0v) is 11.9. The van der Waals surface area contributed by atoms with E-state index < -0.39 is 0 Å². The van der Waals surface area contributed by atoms with Crippen LogP contribution in [0.2, 0.25) is 5.28 Å². The predicted molar refractivity (Wildman–Crippen MR) is 75.2 cm³/mol. The highest BCUT2D eigenvalue weighted by Crippen LogP contribution is 2.21. The Kier molecular flexibility index (Phi) is 4.78. The Morgan fingerprint density at radius 2 is 2.11 bits per heavy atom. The van der Waals surface area contributed by atoms with Gasteiger partial charge in [-0.25, -0.2) is 9.97 Å². The van der Waals surface area contributed by atoms with E-state index in [2.05, 4.69) is 27.2 Å². The summed E-state index contributed by atoms with van der Waals surface area (Å²) in [5.41, 5.74) is 0.890. The quantitative estimate of drug-likeness (QED) is 0.834. The van der Waals surface area contributed by atoms with E-state index in [1.54, 1.807) is 0 Å². The van der Waals surface area contributed by atoms with Gasteiger partial charge in [-0.15, -0.1) is 0 Å². The van der Waals surface area contributed by atoms with Gasteiger partial charge in [0.05, 0.1) is 0 Å². The van der Waals surface area contributed by atoms with Crippen molar-refractivity contribution in [2.24, 2.45) is 0 Å². The molecule has 0 aliphatic heterocycles. The number of hydrogen-bond donors (Lipinski definition) is 1. The van der Waals surface area contributed by atoms with Gasteiger partial charge < -0.3 is 10.2 Å². The Bertz CT molecular complexity index is 370. The highest BCUT2D eigenvalue weighted by Gasteiger charge is 2.18. The lowest BCUT2D eigenvalue weighted by Crippen LogP contribution is -2.33. The third-order valence-electron chi connectivity index (χ3n) is 3.55. The summed E-state index contributed by atoms with van der Waals surface area (Å²) in [6.45, 7) is 3.84. The van der Waals surface area contributed by atoms with Crippen molar-refractivity contribution in [2.75, 3.05) is 25.5 Å². The maximum Gasteiger partial charge on any atom is 0.224 e. The minimum absolute atomic E-state index is 0.307. The molecule has 1 N–H and O–H groups in total. The van der Waals surface area contributed by atoms with Crippen LogP contribution < -0.4 is 5.32 Å². The smallest absolute Gasteiger partial charge is 0.224 e. The Morgan fingerprint density at radius 3 is 2.78 bits per heavy atom. The first-order valence-corrected chi connectivity index (χ1v) is 6.98. The monoisotopic (exact) mass is 268 g/mol. The Labute approximate surface area is 114 Å². The number of nitrogens with zero attached hydrogens (tertiary/aromatic N) is 3. The van der Waals surface area contributed by atoms with Crippen molar-refractivity contribution in [3.8, 4) is 0 Å². The van der Waals surface area contributed by atoms with Crippen LogP contribution in [0.5, 0.6) is 0 Å². The Morgan fingerprint density at radius 1 is 1.39 bits per heavy atom. The van der Waals surface area contributed by atoms with Crippen LogP contribution in [-0.4, -0.2) is 41.0 Å². The molecule has 1 aromatic rings. The van der Waals surface area contributed by atoms with Crippen molar-refractivity contribution in [3.63, 3.8) is 0 Å². The number of anilines is 1. The zero-order valence-electron chi connectivity index (χ0n) is 11.1. The molecule has 1 aromatic heterocycles. The minimum atomic E-state index is 0.307.